The third-order valence-electron chi connectivity index (χ3n) is 4.63. The molecule has 2 aliphatic heterocycles. The summed E-state index contributed by atoms with van der Waals surface area (Å²) in [5.41, 5.74) is 2.52. The van der Waals surface area contributed by atoms with E-state index in [4.69, 9.17) is 14.2 Å². The predicted octanol–water partition coefficient (Wildman–Crippen LogP) is 2.51. The average Bonchev–Trinajstić information content (AvgIpc) is 2.58. The molecule has 23 heavy (non-hydrogen) atoms. The van der Waals surface area contributed by atoms with Crippen molar-refractivity contribution in [1.29, 1.82) is 0 Å². The first-order valence-corrected chi connectivity index (χ1v) is 8.76. The summed E-state index contributed by atoms with van der Waals surface area (Å²) in [6.07, 6.45) is 2.99. The van der Waals surface area contributed by atoms with Crippen molar-refractivity contribution in [3.05, 3.63) is 23.3 Å². The molecule has 1 fully saturated rings. The lowest BCUT2D eigenvalue weighted by atomic mass is 9.84. The van der Waals surface area contributed by atoms with Crippen molar-refractivity contribution in [3.8, 4) is 11.5 Å². The molecule has 3 atom stereocenters. The van der Waals surface area contributed by atoms with Crippen molar-refractivity contribution < 1.29 is 19.3 Å². The van der Waals surface area contributed by atoms with E-state index in [9.17, 15) is 5.11 Å². The highest BCUT2D eigenvalue weighted by molar-refractivity contribution is 14.0. The van der Waals surface area contributed by atoms with Crippen LogP contribution in [0.5, 0.6) is 11.5 Å². The second-order valence-electron chi connectivity index (χ2n) is 5.66. The van der Waals surface area contributed by atoms with Crippen LogP contribution in [0.4, 0.5) is 0 Å². The van der Waals surface area contributed by atoms with Crippen LogP contribution in [0.3, 0.4) is 0 Å². The molecular weight excluding hydrogens is 429 g/mol. The Balaban J connectivity index is 0.00000192. The number of thioether (sulfide) groups is 1. The maximum atomic E-state index is 9.91. The van der Waals surface area contributed by atoms with Gasteiger partial charge in [0.2, 0.25) is 0 Å². The largest absolute Gasteiger partial charge is 0.493 e. The molecule has 3 rings (SSSR count). The number of aliphatic hydroxyl groups is 1. The Morgan fingerprint density at radius 2 is 2.00 bits per heavy atom. The summed E-state index contributed by atoms with van der Waals surface area (Å²) < 4.78 is 16.8. The standard InChI is InChI=1S/C16H23NO4S.HI/c1-19-13-6-10-4-5-17-9-21-16(22-3)12(8-18)15(17)11(10)7-14(13)20-2;/h6-7,12,15-16,18H,4-5,8-9H2,1-3H3;1H. The van der Waals surface area contributed by atoms with Crippen LogP contribution in [-0.2, 0) is 11.2 Å². The van der Waals surface area contributed by atoms with Crippen LogP contribution in [0.2, 0.25) is 0 Å². The number of rotatable bonds is 4. The Kier molecular flexibility index (Phi) is 6.85. The smallest absolute Gasteiger partial charge is 0.161 e. The molecule has 5 nitrogen and oxygen atoms in total. The second-order valence-corrected chi connectivity index (χ2v) is 6.60. The molecule has 1 saturated heterocycles. The van der Waals surface area contributed by atoms with E-state index in [2.05, 4.69) is 17.0 Å². The summed E-state index contributed by atoms with van der Waals surface area (Å²) in [6, 6.07) is 4.31. The van der Waals surface area contributed by atoms with Crippen LogP contribution in [0.1, 0.15) is 17.2 Å². The van der Waals surface area contributed by atoms with Gasteiger partial charge in [-0.15, -0.1) is 35.7 Å². The van der Waals surface area contributed by atoms with E-state index < -0.39 is 0 Å². The summed E-state index contributed by atoms with van der Waals surface area (Å²) in [5, 5.41) is 9.91. The summed E-state index contributed by atoms with van der Waals surface area (Å²) >= 11 is 1.66. The predicted molar refractivity (Wildman–Crippen MR) is 102 cm³/mol. The van der Waals surface area contributed by atoms with Crippen molar-refractivity contribution in [2.75, 3.05) is 40.4 Å². The molecule has 0 bridgehead atoms. The number of fused-ring (bicyclic) bond motifs is 3. The number of halogens is 1. The number of ether oxygens (including phenoxy) is 3. The number of benzene rings is 1. The van der Waals surface area contributed by atoms with Crippen molar-refractivity contribution in [1.82, 2.24) is 4.90 Å². The lowest BCUT2D eigenvalue weighted by Crippen LogP contribution is -2.50. The summed E-state index contributed by atoms with van der Waals surface area (Å²) in [6.45, 7) is 1.66. The van der Waals surface area contributed by atoms with Crippen LogP contribution >= 0.6 is 35.7 Å². The topological polar surface area (TPSA) is 51.2 Å². The van der Waals surface area contributed by atoms with Crippen molar-refractivity contribution in [2.45, 2.75) is 17.9 Å². The lowest BCUT2D eigenvalue weighted by molar-refractivity contribution is -0.115. The van der Waals surface area contributed by atoms with Crippen LogP contribution in [-0.4, -0.2) is 55.8 Å². The number of hydrogen-bond donors (Lipinski definition) is 1. The van der Waals surface area contributed by atoms with Gasteiger partial charge in [0.25, 0.3) is 0 Å². The Labute approximate surface area is 158 Å². The highest BCUT2D eigenvalue weighted by Crippen LogP contribution is 2.45. The quantitative estimate of drug-likeness (QED) is 0.708. The first-order valence-electron chi connectivity index (χ1n) is 7.47. The van der Waals surface area contributed by atoms with Gasteiger partial charge in [0.05, 0.1) is 20.8 Å². The molecule has 0 aromatic heterocycles. The molecule has 0 aliphatic carbocycles. The van der Waals surface area contributed by atoms with Crippen molar-refractivity contribution in [3.63, 3.8) is 0 Å². The molecule has 3 unspecified atom stereocenters. The van der Waals surface area contributed by atoms with Gasteiger partial charge in [-0.3, -0.25) is 4.90 Å². The molecular formula is C16H24INO4S. The maximum Gasteiger partial charge on any atom is 0.161 e. The van der Waals surface area contributed by atoms with E-state index in [-0.39, 0.29) is 48.0 Å². The van der Waals surface area contributed by atoms with E-state index in [1.54, 1.807) is 26.0 Å². The SMILES string of the molecule is COc1cc2c(cc1OC)C1C(CO)C(SC)OCN1CC2.I. The molecule has 1 N–H and O–H groups in total. The van der Waals surface area contributed by atoms with Crippen LogP contribution in [0, 0.1) is 5.92 Å². The van der Waals surface area contributed by atoms with E-state index in [1.807, 2.05) is 6.26 Å². The summed E-state index contributed by atoms with van der Waals surface area (Å²) in [7, 11) is 3.32. The van der Waals surface area contributed by atoms with E-state index >= 15 is 0 Å². The zero-order valence-corrected chi connectivity index (χ0v) is 16.8. The molecule has 130 valence electrons. The van der Waals surface area contributed by atoms with Gasteiger partial charge in [0, 0.05) is 18.5 Å². The normalized spacial score (nSPS) is 26.7. The Morgan fingerprint density at radius 3 is 2.61 bits per heavy atom. The van der Waals surface area contributed by atoms with Crippen molar-refractivity contribution >= 4 is 35.7 Å². The van der Waals surface area contributed by atoms with Gasteiger partial charge < -0.3 is 19.3 Å². The Hall–Kier alpha value is -0.220. The van der Waals surface area contributed by atoms with Crippen LogP contribution in [0.25, 0.3) is 0 Å². The van der Waals surface area contributed by atoms with Gasteiger partial charge in [-0.25, -0.2) is 0 Å². The zero-order valence-electron chi connectivity index (χ0n) is 13.7. The molecule has 0 saturated carbocycles. The minimum atomic E-state index is 0. The number of hydrogen-bond acceptors (Lipinski definition) is 6. The highest BCUT2D eigenvalue weighted by atomic mass is 127. The fourth-order valence-corrected chi connectivity index (χ4v) is 4.33. The number of aliphatic hydroxyl groups excluding tert-OH is 1. The first-order chi connectivity index (χ1) is 10.7. The monoisotopic (exact) mass is 453 g/mol. The van der Waals surface area contributed by atoms with E-state index in [0.717, 1.165) is 24.5 Å². The van der Waals surface area contributed by atoms with E-state index in [1.165, 1.54) is 11.1 Å². The molecule has 7 heteroatoms. The molecule has 0 spiro atoms. The van der Waals surface area contributed by atoms with Gasteiger partial charge in [0.15, 0.2) is 11.5 Å². The van der Waals surface area contributed by atoms with Gasteiger partial charge in [-0.2, -0.15) is 0 Å². The van der Waals surface area contributed by atoms with Gasteiger partial charge >= 0.3 is 0 Å². The lowest BCUT2D eigenvalue weighted by Gasteiger charge is -2.47. The Morgan fingerprint density at radius 1 is 1.30 bits per heavy atom. The molecule has 2 heterocycles. The second kappa shape index (κ2) is 8.24. The van der Waals surface area contributed by atoms with Gasteiger partial charge in [-0.1, -0.05) is 0 Å². The molecule has 0 radical (unpaired) electrons. The average molecular weight is 453 g/mol. The van der Waals surface area contributed by atoms with Crippen LogP contribution < -0.4 is 9.47 Å². The molecule has 2 aliphatic rings. The molecule has 0 amide bonds. The minimum absolute atomic E-state index is 0. The minimum Gasteiger partial charge on any atom is -0.493 e. The van der Waals surface area contributed by atoms with E-state index in [0.29, 0.717) is 6.73 Å². The highest BCUT2D eigenvalue weighted by Gasteiger charge is 2.42. The summed E-state index contributed by atoms with van der Waals surface area (Å²) in [4.78, 5) is 2.31. The number of nitrogens with zero attached hydrogens (tertiary/aromatic N) is 1. The molecule has 1 aromatic rings. The third kappa shape index (κ3) is 3.44. The summed E-state index contributed by atoms with van der Waals surface area (Å²) in [5.74, 6) is 1.57. The van der Waals surface area contributed by atoms with Gasteiger partial charge in [0.1, 0.15) is 12.2 Å². The maximum absolute atomic E-state index is 9.91. The first kappa shape index (κ1) is 19.1. The number of methoxy groups -OCH3 is 2. The van der Waals surface area contributed by atoms with Crippen molar-refractivity contribution in [2.24, 2.45) is 5.92 Å². The fourth-order valence-electron chi connectivity index (χ4n) is 3.55. The van der Waals surface area contributed by atoms with Gasteiger partial charge in [-0.05, 0) is 35.9 Å². The zero-order chi connectivity index (χ0) is 15.7. The fraction of sp³-hybridized carbons (Fsp3) is 0.625. The Bertz CT molecular complexity index is 545. The van der Waals surface area contributed by atoms with Crippen LogP contribution in [0.15, 0.2) is 12.1 Å². The molecule has 1 aromatic carbocycles. The third-order valence-corrected chi connectivity index (χ3v) is 5.58.